The topological polar surface area (TPSA) is 28.4 Å². The fourth-order valence-electron chi connectivity index (χ4n) is 2.47. The van der Waals surface area contributed by atoms with E-state index in [0.717, 1.165) is 25.4 Å². The van der Waals surface area contributed by atoms with Crippen molar-refractivity contribution < 1.29 is 4.42 Å². The zero-order valence-electron chi connectivity index (χ0n) is 10.1. The Balaban J connectivity index is 1.92. The molecule has 16 heavy (non-hydrogen) atoms. The third-order valence-electron chi connectivity index (χ3n) is 3.41. The van der Waals surface area contributed by atoms with E-state index < -0.39 is 0 Å². The number of nitrogens with one attached hydrogen (secondary N) is 1. The number of nitrogens with zero attached hydrogens (tertiary/aromatic N) is 1. The van der Waals surface area contributed by atoms with Crippen LogP contribution < -0.4 is 5.32 Å². The van der Waals surface area contributed by atoms with Crippen LogP contribution in [0.3, 0.4) is 0 Å². The summed E-state index contributed by atoms with van der Waals surface area (Å²) >= 11 is 0. The van der Waals surface area contributed by atoms with Crippen molar-refractivity contribution in [2.45, 2.75) is 38.8 Å². The molecule has 3 nitrogen and oxygen atoms in total. The van der Waals surface area contributed by atoms with Crippen molar-refractivity contribution in [3.63, 3.8) is 0 Å². The zero-order chi connectivity index (χ0) is 11.2. The third kappa shape index (κ3) is 3.09. The minimum atomic E-state index is 0.713. The summed E-state index contributed by atoms with van der Waals surface area (Å²) in [4.78, 5) is 2.53. The van der Waals surface area contributed by atoms with Crippen molar-refractivity contribution in [2.75, 3.05) is 19.6 Å². The first kappa shape index (κ1) is 11.7. The van der Waals surface area contributed by atoms with E-state index in [1.807, 2.05) is 6.07 Å². The van der Waals surface area contributed by atoms with Gasteiger partial charge < -0.3 is 9.73 Å². The molecule has 0 bridgehead atoms. The molecule has 3 heteroatoms. The maximum absolute atomic E-state index is 5.43. The van der Waals surface area contributed by atoms with Gasteiger partial charge in [0.2, 0.25) is 0 Å². The van der Waals surface area contributed by atoms with Crippen LogP contribution >= 0.6 is 0 Å². The second kappa shape index (κ2) is 6.06. The summed E-state index contributed by atoms with van der Waals surface area (Å²) in [7, 11) is 0. The molecule has 0 aromatic carbocycles. The minimum Gasteiger partial charge on any atom is -0.468 e. The lowest BCUT2D eigenvalue weighted by Gasteiger charge is -2.28. The van der Waals surface area contributed by atoms with Gasteiger partial charge in [0.1, 0.15) is 5.76 Å². The normalized spacial score (nSPS) is 22.2. The van der Waals surface area contributed by atoms with Gasteiger partial charge in [-0.2, -0.15) is 0 Å². The molecule has 2 rings (SSSR count). The fraction of sp³-hybridized carbons (Fsp3) is 0.692. The van der Waals surface area contributed by atoms with Gasteiger partial charge in [0.05, 0.1) is 12.8 Å². The fourth-order valence-corrected chi connectivity index (χ4v) is 2.47. The van der Waals surface area contributed by atoms with Crippen LogP contribution in [-0.2, 0) is 6.54 Å². The van der Waals surface area contributed by atoms with E-state index in [1.54, 1.807) is 6.26 Å². The minimum absolute atomic E-state index is 0.713. The highest BCUT2D eigenvalue weighted by Crippen LogP contribution is 2.16. The number of rotatable bonds is 4. The summed E-state index contributed by atoms with van der Waals surface area (Å²) in [6.45, 7) is 6.62. The quantitative estimate of drug-likeness (QED) is 0.847. The maximum Gasteiger partial charge on any atom is 0.117 e. The maximum atomic E-state index is 5.43. The highest BCUT2D eigenvalue weighted by molar-refractivity contribution is 4.98. The van der Waals surface area contributed by atoms with Crippen LogP contribution in [-0.4, -0.2) is 30.6 Å². The van der Waals surface area contributed by atoms with Crippen molar-refractivity contribution in [3.05, 3.63) is 24.2 Å². The summed E-state index contributed by atoms with van der Waals surface area (Å²) in [6.07, 6.45) is 5.62. The summed E-state index contributed by atoms with van der Waals surface area (Å²) in [5, 5.41) is 3.46. The lowest BCUT2D eigenvalue weighted by Crippen LogP contribution is -2.35. The number of hydrogen-bond acceptors (Lipinski definition) is 3. The van der Waals surface area contributed by atoms with E-state index in [1.165, 1.54) is 25.8 Å². The number of furan rings is 1. The second-order valence-corrected chi connectivity index (χ2v) is 4.48. The molecule has 1 fully saturated rings. The Morgan fingerprint density at radius 1 is 1.44 bits per heavy atom. The summed E-state index contributed by atoms with van der Waals surface area (Å²) in [6, 6.07) is 4.75. The van der Waals surface area contributed by atoms with E-state index in [0.29, 0.717) is 6.04 Å². The molecular formula is C13H22N2O. The molecule has 1 aromatic rings. The third-order valence-corrected chi connectivity index (χ3v) is 3.41. The Morgan fingerprint density at radius 3 is 3.12 bits per heavy atom. The van der Waals surface area contributed by atoms with Crippen LogP contribution in [0.1, 0.15) is 31.9 Å². The molecule has 0 aliphatic carbocycles. The Morgan fingerprint density at radius 2 is 2.38 bits per heavy atom. The van der Waals surface area contributed by atoms with Crippen molar-refractivity contribution in [2.24, 2.45) is 0 Å². The Labute approximate surface area is 97.8 Å². The molecule has 0 saturated carbocycles. The molecule has 1 aliphatic heterocycles. The molecule has 90 valence electrons. The smallest absolute Gasteiger partial charge is 0.117 e. The van der Waals surface area contributed by atoms with Crippen LogP contribution in [0.25, 0.3) is 0 Å². The molecule has 1 unspecified atom stereocenters. The van der Waals surface area contributed by atoms with Gasteiger partial charge in [-0.3, -0.25) is 4.90 Å². The van der Waals surface area contributed by atoms with Gasteiger partial charge in [-0.25, -0.2) is 0 Å². The van der Waals surface area contributed by atoms with Crippen molar-refractivity contribution in [1.82, 2.24) is 10.2 Å². The molecule has 1 atom stereocenters. The van der Waals surface area contributed by atoms with Gasteiger partial charge in [-0.15, -0.1) is 0 Å². The van der Waals surface area contributed by atoms with Gasteiger partial charge in [0, 0.05) is 6.04 Å². The number of hydrogen-bond donors (Lipinski definition) is 1. The van der Waals surface area contributed by atoms with Gasteiger partial charge in [-0.1, -0.05) is 6.92 Å². The summed E-state index contributed by atoms with van der Waals surface area (Å²) in [5.41, 5.74) is 0. The van der Waals surface area contributed by atoms with E-state index in [9.17, 15) is 0 Å². The second-order valence-electron chi connectivity index (χ2n) is 4.48. The SMILES string of the molecule is CCN(Cc1ccco1)C1CCCNCC1. The van der Waals surface area contributed by atoms with Gasteiger partial charge in [0.15, 0.2) is 0 Å². The lowest BCUT2D eigenvalue weighted by molar-refractivity contribution is 0.169. The first-order valence-corrected chi connectivity index (χ1v) is 6.37. The monoisotopic (exact) mass is 222 g/mol. The molecule has 0 spiro atoms. The molecule has 1 N–H and O–H groups in total. The Hall–Kier alpha value is -0.800. The van der Waals surface area contributed by atoms with Crippen molar-refractivity contribution in [3.8, 4) is 0 Å². The van der Waals surface area contributed by atoms with Crippen LogP contribution in [0, 0.1) is 0 Å². The summed E-state index contributed by atoms with van der Waals surface area (Å²) in [5.74, 6) is 1.08. The van der Waals surface area contributed by atoms with Gasteiger partial charge >= 0.3 is 0 Å². The van der Waals surface area contributed by atoms with Gasteiger partial charge in [0.25, 0.3) is 0 Å². The van der Waals surface area contributed by atoms with E-state index in [2.05, 4.69) is 23.2 Å². The first-order chi connectivity index (χ1) is 7.90. The predicted octanol–water partition coefficient (Wildman–Crippen LogP) is 2.24. The van der Waals surface area contributed by atoms with E-state index in [-0.39, 0.29) is 0 Å². The first-order valence-electron chi connectivity index (χ1n) is 6.37. The average molecular weight is 222 g/mol. The van der Waals surface area contributed by atoms with Crippen LogP contribution in [0.15, 0.2) is 22.8 Å². The van der Waals surface area contributed by atoms with Crippen LogP contribution in [0.4, 0.5) is 0 Å². The zero-order valence-corrected chi connectivity index (χ0v) is 10.1. The van der Waals surface area contributed by atoms with E-state index in [4.69, 9.17) is 4.42 Å². The molecule has 1 saturated heterocycles. The van der Waals surface area contributed by atoms with E-state index >= 15 is 0 Å². The molecular weight excluding hydrogens is 200 g/mol. The van der Waals surface area contributed by atoms with Crippen LogP contribution in [0.2, 0.25) is 0 Å². The molecule has 0 radical (unpaired) electrons. The summed E-state index contributed by atoms with van der Waals surface area (Å²) < 4.78 is 5.43. The van der Waals surface area contributed by atoms with Gasteiger partial charge in [-0.05, 0) is 51.0 Å². The van der Waals surface area contributed by atoms with Crippen molar-refractivity contribution >= 4 is 0 Å². The lowest BCUT2D eigenvalue weighted by atomic mass is 10.1. The Bertz CT molecular complexity index is 276. The van der Waals surface area contributed by atoms with Crippen LogP contribution in [0.5, 0.6) is 0 Å². The standard InChI is InChI=1S/C13H22N2O/c1-2-15(11-13-6-4-10-16-13)12-5-3-8-14-9-7-12/h4,6,10,12,14H,2-3,5,7-9,11H2,1H3. The highest BCUT2D eigenvalue weighted by Gasteiger charge is 2.19. The Kier molecular flexibility index (Phi) is 4.43. The van der Waals surface area contributed by atoms with Crippen molar-refractivity contribution in [1.29, 1.82) is 0 Å². The molecule has 0 amide bonds. The molecule has 1 aliphatic rings. The molecule has 2 heterocycles. The predicted molar refractivity (Wildman–Crippen MR) is 65.3 cm³/mol. The molecule has 1 aromatic heterocycles. The largest absolute Gasteiger partial charge is 0.468 e. The average Bonchev–Trinajstić information content (AvgIpc) is 2.67. The highest BCUT2D eigenvalue weighted by atomic mass is 16.3.